The van der Waals surface area contributed by atoms with Crippen molar-refractivity contribution in [1.82, 2.24) is 0 Å². The smallest absolute Gasteiger partial charge is 0.0406 e. The van der Waals surface area contributed by atoms with E-state index in [-0.39, 0.29) is 0 Å². The van der Waals surface area contributed by atoms with E-state index >= 15 is 0 Å². The fourth-order valence-corrected chi connectivity index (χ4v) is 1.54. The van der Waals surface area contributed by atoms with Crippen LogP contribution in [0.4, 0.5) is 0 Å². The minimum absolute atomic E-state index is 0.787. The number of hydrogen-bond acceptors (Lipinski definition) is 0. The summed E-state index contributed by atoms with van der Waals surface area (Å²) in [5, 5.41) is 0.787. The lowest BCUT2D eigenvalue weighted by Crippen LogP contribution is -1.83. The first-order valence-corrected chi connectivity index (χ1v) is 5.55. The molecule has 0 aliphatic carbocycles. The van der Waals surface area contributed by atoms with Crippen molar-refractivity contribution in [3.8, 4) is 0 Å². The molecule has 0 amide bonds. The monoisotopic (exact) mass is 208 g/mol. The molecule has 0 saturated heterocycles. The van der Waals surface area contributed by atoms with Gasteiger partial charge in [-0.2, -0.15) is 0 Å². The van der Waals surface area contributed by atoms with E-state index in [2.05, 4.69) is 13.5 Å². The van der Waals surface area contributed by atoms with Crippen LogP contribution < -0.4 is 0 Å². The largest absolute Gasteiger partial charge is 0.0952 e. The molecule has 1 rings (SSSR count). The molecule has 76 valence electrons. The number of hydrogen-bond donors (Lipinski definition) is 0. The van der Waals surface area contributed by atoms with Crippen LogP contribution in [0.5, 0.6) is 0 Å². The van der Waals surface area contributed by atoms with E-state index in [9.17, 15) is 0 Å². The molecule has 14 heavy (non-hydrogen) atoms. The van der Waals surface area contributed by atoms with Gasteiger partial charge in [-0.1, -0.05) is 50.1 Å². The van der Waals surface area contributed by atoms with Gasteiger partial charge in [-0.05, 0) is 36.1 Å². The summed E-state index contributed by atoms with van der Waals surface area (Å²) in [5.41, 5.74) is 2.43. The zero-order valence-corrected chi connectivity index (χ0v) is 9.48. The van der Waals surface area contributed by atoms with Crippen molar-refractivity contribution >= 4 is 17.2 Å². The lowest BCUT2D eigenvalue weighted by atomic mass is 10.0. The van der Waals surface area contributed by atoms with Gasteiger partial charge in [0.1, 0.15) is 0 Å². The second-order valence-corrected chi connectivity index (χ2v) is 4.00. The Morgan fingerprint density at radius 1 is 1.21 bits per heavy atom. The third-order valence-corrected chi connectivity index (χ3v) is 2.59. The number of rotatable bonds is 5. The van der Waals surface area contributed by atoms with Gasteiger partial charge in [0.05, 0.1) is 0 Å². The van der Waals surface area contributed by atoms with E-state index in [1.54, 1.807) is 0 Å². The first-order valence-electron chi connectivity index (χ1n) is 5.17. The minimum Gasteiger partial charge on any atom is -0.0952 e. The van der Waals surface area contributed by atoms with E-state index in [1.165, 1.54) is 30.4 Å². The first-order chi connectivity index (χ1) is 6.74. The lowest BCUT2D eigenvalue weighted by molar-refractivity contribution is 0.736. The summed E-state index contributed by atoms with van der Waals surface area (Å²) in [6.45, 7) is 6.30. The first kappa shape index (κ1) is 11.3. The zero-order chi connectivity index (χ0) is 10.4. The highest BCUT2D eigenvalue weighted by Gasteiger charge is 1.98. The minimum atomic E-state index is 0.787. The van der Waals surface area contributed by atoms with Gasteiger partial charge in [-0.3, -0.25) is 0 Å². The van der Waals surface area contributed by atoms with Crippen molar-refractivity contribution in [2.75, 3.05) is 0 Å². The Labute approximate surface area is 91.6 Å². The molecule has 1 aromatic rings. The quantitative estimate of drug-likeness (QED) is 0.602. The van der Waals surface area contributed by atoms with Crippen molar-refractivity contribution in [1.29, 1.82) is 0 Å². The van der Waals surface area contributed by atoms with Gasteiger partial charge in [-0.15, -0.1) is 0 Å². The molecule has 0 bridgehead atoms. The summed E-state index contributed by atoms with van der Waals surface area (Å²) in [7, 11) is 0. The fourth-order valence-electron chi connectivity index (χ4n) is 1.42. The standard InChI is InChI=1S/C13H17Cl/c1-3-4-5-6-11(2)12-7-9-13(14)10-8-12/h7-10H,2-6H2,1H3. The molecule has 0 aliphatic rings. The van der Waals surface area contributed by atoms with Gasteiger partial charge in [0.2, 0.25) is 0 Å². The molecule has 0 unspecified atom stereocenters. The molecule has 0 spiro atoms. The van der Waals surface area contributed by atoms with Gasteiger partial charge in [-0.25, -0.2) is 0 Å². The Bertz CT molecular complexity index is 285. The molecule has 0 saturated carbocycles. The Balaban J connectivity index is 2.48. The fraction of sp³-hybridized carbons (Fsp3) is 0.385. The van der Waals surface area contributed by atoms with Crippen molar-refractivity contribution in [2.24, 2.45) is 0 Å². The van der Waals surface area contributed by atoms with E-state index in [4.69, 9.17) is 11.6 Å². The zero-order valence-electron chi connectivity index (χ0n) is 8.72. The second-order valence-electron chi connectivity index (χ2n) is 3.57. The van der Waals surface area contributed by atoms with Crippen LogP contribution in [0, 0.1) is 0 Å². The van der Waals surface area contributed by atoms with Gasteiger partial charge in [0.15, 0.2) is 0 Å². The third kappa shape index (κ3) is 3.55. The molecule has 0 radical (unpaired) electrons. The van der Waals surface area contributed by atoms with Crippen molar-refractivity contribution in [3.63, 3.8) is 0 Å². The molecule has 0 nitrogen and oxygen atoms in total. The molecule has 0 N–H and O–H groups in total. The van der Waals surface area contributed by atoms with Crippen LogP contribution in [0.25, 0.3) is 5.57 Å². The highest BCUT2D eigenvalue weighted by molar-refractivity contribution is 6.30. The van der Waals surface area contributed by atoms with Gasteiger partial charge >= 0.3 is 0 Å². The highest BCUT2D eigenvalue weighted by atomic mass is 35.5. The molecule has 0 aliphatic heterocycles. The van der Waals surface area contributed by atoms with Crippen LogP contribution in [-0.4, -0.2) is 0 Å². The Morgan fingerprint density at radius 2 is 1.86 bits per heavy atom. The van der Waals surface area contributed by atoms with E-state index < -0.39 is 0 Å². The van der Waals surface area contributed by atoms with Crippen LogP contribution in [0.3, 0.4) is 0 Å². The van der Waals surface area contributed by atoms with Crippen LogP contribution >= 0.6 is 11.6 Å². The molecule has 0 atom stereocenters. The second kappa shape index (κ2) is 5.87. The van der Waals surface area contributed by atoms with Crippen LogP contribution in [0.1, 0.15) is 38.2 Å². The van der Waals surface area contributed by atoms with Crippen molar-refractivity contribution < 1.29 is 0 Å². The predicted octanol–water partition coefficient (Wildman–Crippen LogP) is 4.93. The molecular formula is C13H17Cl. The van der Waals surface area contributed by atoms with E-state index in [0.717, 1.165) is 11.4 Å². The summed E-state index contributed by atoms with van der Waals surface area (Å²) in [5.74, 6) is 0. The highest BCUT2D eigenvalue weighted by Crippen LogP contribution is 2.20. The normalized spacial score (nSPS) is 10.1. The third-order valence-electron chi connectivity index (χ3n) is 2.33. The number of benzene rings is 1. The van der Waals surface area contributed by atoms with Crippen molar-refractivity contribution in [2.45, 2.75) is 32.6 Å². The molecule has 0 heterocycles. The molecule has 1 aromatic carbocycles. The van der Waals surface area contributed by atoms with Gasteiger partial charge in [0, 0.05) is 5.02 Å². The molecular weight excluding hydrogens is 192 g/mol. The number of halogens is 1. The topological polar surface area (TPSA) is 0 Å². The number of unbranched alkanes of at least 4 members (excludes halogenated alkanes) is 2. The molecule has 0 aromatic heterocycles. The average molecular weight is 209 g/mol. The predicted molar refractivity (Wildman–Crippen MR) is 64.6 cm³/mol. The maximum Gasteiger partial charge on any atom is 0.0406 e. The maximum absolute atomic E-state index is 5.81. The van der Waals surface area contributed by atoms with E-state index in [1.807, 2.05) is 24.3 Å². The summed E-state index contributed by atoms with van der Waals surface area (Å²) in [4.78, 5) is 0. The molecule has 1 heteroatoms. The Morgan fingerprint density at radius 3 is 2.43 bits per heavy atom. The van der Waals surface area contributed by atoms with Crippen molar-refractivity contribution in [3.05, 3.63) is 41.4 Å². The Hall–Kier alpha value is -0.750. The summed E-state index contributed by atoms with van der Waals surface area (Å²) >= 11 is 5.81. The molecule has 0 fully saturated rings. The summed E-state index contributed by atoms with van der Waals surface area (Å²) < 4.78 is 0. The average Bonchev–Trinajstić information content (AvgIpc) is 2.19. The van der Waals surface area contributed by atoms with Gasteiger partial charge < -0.3 is 0 Å². The van der Waals surface area contributed by atoms with Gasteiger partial charge in [0.25, 0.3) is 0 Å². The maximum atomic E-state index is 5.81. The SMILES string of the molecule is C=C(CCCCC)c1ccc(Cl)cc1. The van der Waals surface area contributed by atoms with Crippen LogP contribution in [-0.2, 0) is 0 Å². The van der Waals surface area contributed by atoms with Crippen LogP contribution in [0.15, 0.2) is 30.8 Å². The number of allylic oxidation sites excluding steroid dienone is 1. The van der Waals surface area contributed by atoms with E-state index in [0.29, 0.717) is 0 Å². The summed E-state index contributed by atoms with van der Waals surface area (Å²) in [6, 6.07) is 7.91. The lowest BCUT2D eigenvalue weighted by Gasteiger charge is -2.05. The Kier molecular flexibility index (Phi) is 4.75. The summed E-state index contributed by atoms with van der Waals surface area (Å²) in [6.07, 6.45) is 4.87. The van der Waals surface area contributed by atoms with Crippen LogP contribution in [0.2, 0.25) is 5.02 Å².